The Kier molecular flexibility index (Phi) is 30.2. The Morgan fingerprint density at radius 2 is 0.940 bits per heavy atom. The molecule has 2 aromatic rings. The molecular weight excluding hydrogens is 1060 g/mol. The summed E-state index contributed by atoms with van der Waals surface area (Å²) in [6, 6.07) is 16.7. The molecule has 6 atom stereocenters. The Morgan fingerprint density at radius 3 is 1.33 bits per heavy atom. The van der Waals surface area contributed by atoms with Crippen LogP contribution in [0.1, 0.15) is 221 Å². The van der Waals surface area contributed by atoms with E-state index in [-0.39, 0.29) is 59.4 Å². The number of unbranched alkanes of at least 4 members (excludes halogenated alkanes) is 10. The number of ether oxygens (including phenoxy) is 2. The molecule has 17 heteroatoms. The minimum atomic E-state index is -1.06. The number of esters is 2. The molecule has 4 heterocycles. The summed E-state index contributed by atoms with van der Waals surface area (Å²) in [5.41, 5.74) is 0.264. The van der Waals surface area contributed by atoms with E-state index in [0.717, 1.165) is 109 Å². The molecule has 0 saturated carbocycles. The molecule has 4 aliphatic rings. The fourth-order valence-electron chi connectivity index (χ4n) is 10.5. The first kappa shape index (κ1) is 67.8. The Labute approximate surface area is 500 Å². The van der Waals surface area contributed by atoms with Crippen LogP contribution in [-0.4, -0.2) is 105 Å². The molecule has 0 radical (unpaired) electrons. The van der Waals surface area contributed by atoms with Crippen LogP contribution in [0.3, 0.4) is 0 Å². The van der Waals surface area contributed by atoms with Crippen LogP contribution in [0.5, 0.6) is 0 Å². The van der Waals surface area contributed by atoms with Crippen molar-refractivity contribution >= 4 is 35.6 Å². The summed E-state index contributed by atoms with van der Waals surface area (Å²) in [6.45, 7) is 7.25. The normalized spacial score (nSPS) is 17.8. The number of nitrogens with zero attached hydrogens (tertiary/aromatic N) is 6. The summed E-state index contributed by atoms with van der Waals surface area (Å²) < 4.78 is 12.0. The predicted molar refractivity (Wildman–Crippen MR) is 325 cm³/mol. The van der Waals surface area contributed by atoms with E-state index in [1.807, 2.05) is 43.3 Å². The van der Waals surface area contributed by atoms with Crippen molar-refractivity contribution in [3.63, 3.8) is 0 Å². The summed E-state index contributed by atoms with van der Waals surface area (Å²) in [4.78, 5) is 80.2. The zero-order valence-corrected chi connectivity index (χ0v) is 50.3. The summed E-state index contributed by atoms with van der Waals surface area (Å²) in [7, 11) is 0. The van der Waals surface area contributed by atoms with Gasteiger partial charge in [-0.1, -0.05) is 134 Å². The number of amides is 4. The summed E-state index contributed by atoms with van der Waals surface area (Å²) in [6.07, 6.45) is 39.3. The standard InChI is InChI=1S/C34H48N4O4.C33H46N4O5/c1-4-6-8-14-20-29(42-33(41)30-22-16-26-38(30)32(40)28-18-12-10-13-19-28)21-15-9-11-17-27(3)31(39)35-25-24-34(36-37-34)23-7-5-2;1-3-5-7-12-18-27(42-32(41)28-20-15-25-37(28)31(40)26-16-10-8-11-17-26)19-13-9-14-21-29(38)30(39)34-24-23-33(35-36-33)22-6-4-2/h2,10,12-13,16,18-19,26-27,29-30H,4,6-9,11,14-15,17,20-25H2,1,3H3,(H,35,39);2,8,10-11,15-17,25,27-29,38H,3,5-7,9,12-14,18-24H2,1H3,(H,34,39)/t27-,29-,30+;27-,28+,29-/m11/s1. The van der Waals surface area contributed by atoms with Crippen LogP contribution in [0.25, 0.3) is 0 Å². The number of carbonyl (C=O) groups is 6. The second kappa shape index (κ2) is 37.4. The molecule has 17 nitrogen and oxygen atoms in total. The maximum absolute atomic E-state index is 13.2. The van der Waals surface area contributed by atoms with Crippen molar-refractivity contribution in [1.82, 2.24) is 20.4 Å². The van der Waals surface area contributed by atoms with Crippen molar-refractivity contribution in [2.75, 3.05) is 13.1 Å². The number of benzene rings is 2. The molecule has 0 saturated heterocycles. The maximum Gasteiger partial charge on any atom is 0.329 e. The van der Waals surface area contributed by atoms with Crippen LogP contribution in [0.15, 0.2) is 106 Å². The lowest BCUT2D eigenvalue weighted by atomic mass is 9.99. The molecule has 0 aromatic heterocycles. The van der Waals surface area contributed by atoms with E-state index in [4.69, 9.17) is 22.3 Å². The molecule has 456 valence electrons. The van der Waals surface area contributed by atoms with Crippen molar-refractivity contribution in [3.05, 3.63) is 96.3 Å². The molecule has 0 bridgehead atoms. The smallest absolute Gasteiger partial charge is 0.329 e. The number of aliphatic hydroxyl groups is 1. The van der Waals surface area contributed by atoms with Gasteiger partial charge in [0.05, 0.1) is 0 Å². The van der Waals surface area contributed by atoms with Gasteiger partial charge in [0.1, 0.15) is 30.4 Å². The maximum atomic E-state index is 13.2. The van der Waals surface area contributed by atoms with Gasteiger partial charge in [0, 0.05) is 81.1 Å². The fourth-order valence-corrected chi connectivity index (χ4v) is 10.5. The SMILES string of the molecule is C#CCCC1(CCNC(=O)[C@H](C)CCCCC[C@@H](CCCCCC)OC(=O)[C@@H]2CC=CN2C(=O)c2ccccc2)N=N1.C#CCCC1(CCNC(=O)[C@H](O)CCCCC[C@@H](CCCCCC)OC(=O)[C@@H]2CC=CN2C(=O)c2ccccc2)N=N1. The molecule has 84 heavy (non-hydrogen) atoms. The van der Waals surface area contributed by atoms with Crippen LogP contribution in [-0.2, 0) is 28.7 Å². The van der Waals surface area contributed by atoms with Gasteiger partial charge in [-0.2, -0.15) is 20.5 Å². The van der Waals surface area contributed by atoms with Gasteiger partial charge in [0.15, 0.2) is 11.3 Å². The number of aliphatic hydroxyl groups excluding tert-OH is 1. The lowest BCUT2D eigenvalue weighted by molar-refractivity contribution is -0.155. The summed E-state index contributed by atoms with van der Waals surface area (Å²) in [5.74, 6) is 3.71. The van der Waals surface area contributed by atoms with Crippen LogP contribution >= 0.6 is 0 Å². The second-order valence-electron chi connectivity index (χ2n) is 22.8. The van der Waals surface area contributed by atoms with Gasteiger partial charge in [0.2, 0.25) is 11.8 Å². The lowest BCUT2D eigenvalue weighted by Gasteiger charge is -2.25. The van der Waals surface area contributed by atoms with E-state index >= 15 is 0 Å². The van der Waals surface area contributed by atoms with Gasteiger partial charge in [0.25, 0.3) is 11.8 Å². The topological polar surface area (TPSA) is 221 Å². The van der Waals surface area contributed by atoms with Crippen molar-refractivity contribution in [2.45, 2.75) is 242 Å². The number of terminal acetylenes is 2. The largest absolute Gasteiger partial charge is 0.461 e. The van der Waals surface area contributed by atoms with Crippen molar-refractivity contribution < 1.29 is 43.3 Å². The quantitative estimate of drug-likeness (QED) is 0.0328. The predicted octanol–water partition coefficient (Wildman–Crippen LogP) is 12.7. The van der Waals surface area contributed by atoms with Gasteiger partial charge < -0.3 is 35.0 Å². The van der Waals surface area contributed by atoms with E-state index in [1.165, 1.54) is 16.2 Å². The minimum absolute atomic E-state index is 0.0604. The van der Waals surface area contributed by atoms with Gasteiger partial charge in [-0.3, -0.25) is 19.2 Å². The third-order valence-corrected chi connectivity index (χ3v) is 16.0. The molecule has 4 aliphatic heterocycles. The van der Waals surface area contributed by atoms with Crippen LogP contribution in [0, 0.1) is 30.6 Å². The first-order chi connectivity index (χ1) is 40.8. The average molecular weight is 1160 g/mol. The Bertz CT molecular complexity index is 2390. The Morgan fingerprint density at radius 1 is 0.560 bits per heavy atom. The Balaban J connectivity index is 0.000000307. The molecular formula is C67H94N8O9. The summed E-state index contributed by atoms with van der Waals surface area (Å²) >= 11 is 0. The van der Waals surface area contributed by atoms with Crippen molar-refractivity contribution in [3.8, 4) is 24.7 Å². The van der Waals surface area contributed by atoms with E-state index < -0.39 is 23.9 Å². The van der Waals surface area contributed by atoms with E-state index in [0.29, 0.717) is 88.4 Å². The Hall–Kier alpha value is -6.98. The third-order valence-electron chi connectivity index (χ3n) is 16.0. The average Bonchev–Trinajstić information content (AvgIpc) is 4.00. The third kappa shape index (κ3) is 23.9. The first-order valence-electron chi connectivity index (χ1n) is 31.3. The second-order valence-corrected chi connectivity index (χ2v) is 22.8. The first-order valence-corrected chi connectivity index (χ1v) is 31.3. The highest BCUT2D eigenvalue weighted by Gasteiger charge is 2.40. The highest BCUT2D eigenvalue weighted by Crippen LogP contribution is 2.37. The molecule has 0 unspecified atom stereocenters. The number of hydrogen-bond donors (Lipinski definition) is 3. The molecule has 6 rings (SSSR count). The van der Waals surface area contributed by atoms with Gasteiger partial charge in [-0.25, -0.2) is 9.59 Å². The van der Waals surface area contributed by atoms with Gasteiger partial charge in [-0.05, 0) is 101 Å². The zero-order valence-electron chi connectivity index (χ0n) is 50.3. The van der Waals surface area contributed by atoms with E-state index in [2.05, 4.69) is 56.8 Å². The number of nitrogens with one attached hydrogen (secondary N) is 2. The van der Waals surface area contributed by atoms with Crippen molar-refractivity contribution in [2.24, 2.45) is 26.4 Å². The van der Waals surface area contributed by atoms with Crippen LogP contribution in [0.2, 0.25) is 0 Å². The highest BCUT2D eigenvalue weighted by atomic mass is 16.5. The van der Waals surface area contributed by atoms with E-state index in [9.17, 15) is 33.9 Å². The number of rotatable bonds is 40. The van der Waals surface area contributed by atoms with Gasteiger partial charge in [-0.15, -0.1) is 24.7 Å². The fraction of sp³-hybridized carbons (Fsp3) is 0.612. The van der Waals surface area contributed by atoms with E-state index in [1.54, 1.807) is 48.8 Å². The molecule has 4 amide bonds. The van der Waals surface area contributed by atoms with Crippen molar-refractivity contribution in [1.29, 1.82) is 0 Å². The molecule has 3 N–H and O–H groups in total. The zero-order chi connectivity index (χ0) is 60.4. The lowest BCUT2D eigenvalue weighted by Crippen LogP contribution is -2.41. The minimum Gasteiger partial charge on any atom is -0.461 e. The number of carbonyl (C=O) groups excluding carboxylic acids is 6. The summed E-state index contributed by atoms with van der Waals surface area (Å²) in [5, 5.41) is 32.4. The molecule has 0 aliphatic carbocycles. The van der Waals surface area contributed by atoms with Crippen LogP contribution in [0.4, 0.5) is 0 Å². The highest BCUT2D eigenvalue weighted by molar-refractivity contribution is 5.98. The molecule has 2 aromatic carbocycles. The van der Waals surface area contributed by atoms with Crippen LogP contribution < -0.4 is 10.6 Å². The number of hydrogen-bond acceptors (Lipinski definition) is 13. The van der Waals surface area contributed by atoms with Gasteiger partial charge >= 0.3 is 11.9 Å². The molecule has 0 spiro atoms. The molecule has 0 fully saturated rings. The monoisotopic (exact) mass is 1150 g/mol.